The number of nitrogens with one attached hydrogen (secondary N) is 1. The van der Waals surface area contributed by atoms with Gasteiger partial charge in [0.25, 0.3) is 0 Å². The van der Waals surface area contributed by atoms with Crippen molar-refractivity contribution in [2.24, 2.45) is 0 Å². The van der Waals surface area contributed by atoms with Crippen molar-refractivity contribution in [2.45, 2.75) is 20.4 Å². The second kappa shape index (κ2) is 6.93. The molecule has 0 aromatic heterocycles. The summed E-state index contributed by atoms with van der Waals surface area (Å²) in [4.78, 5) is 0. The average Bonchev–Trinajstić information content (AvgIpc) is 2.58. The predicted octanol–water partition coefficient (Wildman–Crippen LogP) is 5.57. The molecule has 0 radical (unpaired) electrons. The third-order valence-corrected chi connectivity index (χ3v) is 4.15. The van der Waals surface area contributed by atoms with Crippen LogP contribution in [-0.2, 0) is 6.54 Å². The van der Waals surface area contributed by atoms with E-state index in [1.165, 1.54) is 24.3 Å². The molecule has 0 amide bonds. The Morgan fingerprint density at radius 2 is 1.72 bits per heavy atom. The fraction of sp³-hybridized carbons (Fsp3) is 0.143. The van der Waals surface area contributed by atoms with Crippen molar-refractivity contribution in [3.8, 4) is 16.9 Å². The molecule has 0 aliphatic heterocycles. The second-order valence-corrected chi connectivity index (χ2v) is 6.14. The third kappa shape index (κ3) is 3.79. The van der Waals surface area contributed by atoms with Gasteiger partial charge in [0.05, 0.1) is 5.69 Å². The van der Waals surface area contributed by atoms with E-state index in [0.29, 0.717) is 12.1 Å². The van der Waals surface area contributed by atoms with Crippen LogP contribution in [-0.4, -0.2) is 5.11 Å². The molecule has 3 aromatic carbocycles. The Morgan fingerprint density at radius 3 is 2.48 bits per heavy atom. The predicted molar refractivity (Wildman–Crippen MR) is 96.7 cm³/mol. The average molecular weight is 339 g/mol. The van der Waals surface area contributed by atoms with E-state index < -0.39 is 5.82 Å². The van der Waals surface area contributed by atoms with Crippen LogP contribution in [0.4, 0.5) is 14.5 Å². The highest BCUT2D eigenvalue weighted by Crippen LogP contribution is 2.28. The van der Waals surface area contributed by atoms with Crippen LogP contribution in [0.2, 0.25) is 0 Å². The first-order valence-corrected chi connectivity index (χ1v) is 8.02. The van der Waals surface area contributed by atoms with E-state index >= 15 is 0 Å². The van der Waals surface area contributed by atoms with Crippen molar-refractivity contribution in [2.75, 3.05) is 5.32 Å². The Bertz CT molecular complexity index is 922. The van der Waals surface area contributed by atoms with Crippen LogP contribution in [0.25, 0.3) is 11.1 Å². The van der Waals surface area contributed by atoms with Crippen LogP contribution < -0.4 is 5.32 Å². The van der Waals surface area contributed by atoms with Crippen molar-refractivity contribution in [1.29, 1.82) is 0 Å². The molecule has 128 valence electrons. The molecule has 3 rings (SSSR count). The van der Waals surface area contributed by atoms with Gasteiger partial charge in [0.15, 0.2) is 0 Å². The Hall–Kier alpha value is -2.88. The van der Waals surface area contributed by atoms with E-state index in [1.54, 1.807) is 13.0 Å². The van der Waals surface area contributed by atoms with Crippen LogP contribution in [0.15, 0.2) is 54.6 Å². The maximum Gasteiger partial charge on any atom is 0.146 e. The number of hydrogen-bond donors (Lipinski definition) is 2. The topological polar surface area (TPSA) is 32.3 Å². The van der Waals surface area contributed by atoms with Gasteiger partial charge >= 0.3 is 0 Å². The molecule has 2 N–H and O–H groups in total. The quantitative estimate of drug-likeness (QED) is 0.651. The van der Waals surface area contributed by atoms with Crippen LogP contribution in [0.5, 0.6) is 5.75 Å². The fourth-order valence-corrected chi connectivity index (χ4v) is 2.87. The van der Waals surface area contributed by atoms with Gasteiger partial charge in [-0.25, -0.2) is 8.78 Å². The molecular weight excluding hydrogens is 320 g/mol. The summed E-state index contributed by atoms with van der Waals surface area (Å²) < 4.78 is 27.5. The lowest BCUT2D eigenvalue weighted by atomic mass is 10.00. The van der Waals surface area contributed by atoms with Gasteiger partial charge in [-0.15, -0.1) is 0 Å². The van der Waals surface area contributed by atoms with Gasteiger partial charge < -0.3 is 10.4 Å². The molecule has 0 aliphatic carbocycles. The summed E-state index contributed by atoms with van der Waals surface area (Å²) in [5.74, 6) is -0.641. The van der Waals surface area contributed by atoms with Crippen LogP contribution >= 0.6 is 0 Å². The smallest absolute Gasteiger partial charge is 0.146 e. The van der Waals surface area contributed by atoms with Gasteiger partial charge in [-0.3, -0.25) is 0 Å². The van der Waals surface area contributed by atoms with E-state index in [0.717, 1.165) is 22.3 Å². The number of rotatable bonds is 4. The maximum absolute atomic E-state index is 14.0. The van der Waals surface area contributed by atoms with Crippen molar-refractivity contribution in [3.05, 3.63) is 82.9 Å². The first-order valence-electron chi connectivity index (χ1n) is 8.02. The summed E-state index contributed by atoms with van der Waals surface area (Å²) in [6, 6.07) is 14.9. The minimum Gasteiger partial charge on any atom is -0.508 e. The molecule has 0 aliphatic rings. The Kier molecular flexibility index (Phi) is 4.70. The third-order valence-electron chi connectivity index (χ3n) is 4.15. The van der Waals surface area contributed by atoms with Crippen molar-refractivity contribution >= 4 is 5.69 Å². The first kappa shape index (κ1) is 17.0. The van der Waals surface area contributed by atoms with Crippen molar-refractivity contribution < 1.29 is 13.9 Å². The summed E-state index contributed by atoms with van der Waals surface area (Å²) in [7, 11) is 0. The highest BCUT2D eigenvalue weighted by atomic mass is 19.1. The van der Waals surface area contributed by atoms with Gasteiger partial charge in [-0.2, -0.15) is 0 Å². The van der Waals surface area contributed by atoms with Crippen LogP contribution in [0.3, 0.4) is 0 Å². The summed E-state index contributed by atoms with van der Waals surface area (Å²) in [6.45, 7) is 4.02. The Morgan fingerprint density at radius 1 is 0.920 bits per heavy atom. The number of aryl methyl sites for hydroxylation is 1. The van der Waals surface area contributed by atoms with E-state index in [-0.39, 0.29) is 17.3 Å². The number of halogens is 2. The zero-order chi connectivity index (χ0) is 18.0. The standard InChI is InChI=1S/C21H19F2NO/c1-13-8-15(10-17(9-13)16-4-3-5-18(22)11-16)12-24-21-14(2)20(25)7-6-19(21)23/h3-11,24-25H,12H2,1-2H3. The van der Waals surface area contributed by atoms with Gasteiger partial charge in [-0.1, -0.05) is 29.8 Å². The zero-order valence-electron chi connectivity index (χ0n) is 14.1. The number of benzene rings is 3. The molecular formula is C21H19F2NO. The van der Waals surface area contributed by atoms with Gasteiger partial charge in [0, 0.05) is 12.1 Å². The summed E-state index contributed by atoms with van der Waals surface area (Å²) in [5.41, 5.74) is 4.44. The monoisotopic (exact) mass is 339 g/mol. The second-order valence-electron chi connectivity index (χ2n) is 6.14. The molecule has 0 heterocycles. The lowest BCUT2D eigenvalue weighted by Crippen LogP contribution is -2.04. The van der Waals surface area contributed by atoms with E-state index in [9.17, 15) is 13.9 Å². The SMILES string of the molecule is Cc1cc(CNc2c(F)ccc(O)c2C)cc(-c2cccc(F)c2)c1. The van der Waals surface area contributed by atoms with Gasteiger partial charge in [0.2, 0.25) is 0 Å². The molecule has 0 saturated heterocycles. The molecule has 4 heteroatoms. The minimum atomic E-state index is -0.409. The van der Waals surface area contributed by atoms with Crippen LogP contribution in [0.1, 0.15) is 16.7 Å². The normalized spacial score (nSPS) is 10.7. The van der Waals surface area contributed by atoms with Gasteiger partial charge in [0.1, 0.15) is 17.4 Å². The minimum absolute atomic E-state index is 0.0496. The molecule has 3 aromatic rings. The number of hydrogen-bond acceptors (Lipinski definition) is 2. The highest BCUT2D eigenvalue weighted by Gasteiger charge is 2.10. The lowest BCUT2D eigenvalue weighted by Gasteiger charge is -2.13. The number of phenolic OH excluding ortho intramolecular Hbond substituents is 1. The summed E-state index contributed by atoms with van der Waals surface area (Å²) >= 11 is 0. The molecule has 0 saturated carbocycles. The number of aromatic hydroxyl groups is 1. The molecule has 0 atom stereocenters. The van der Waals surface area contributed by atoms with Crippen molar-refractivity contribution in [1.82, 2.24) is 0 Å². The first-order chi connectivity index (χ1) is 11.9. The number of anilines is 1. The molecule has 2 nitrogen and oxygen atoms in total. The maximum atomic E-state index is 14.0. The Balaban J connectivity index is 1.88. The van der Waals surface area contributed by atoms with Crippen molar-refractivity contribution in [3.63, 3.8) is 0 Å². The lowest BCUT2D eigenvalue weighted by molar-refractivity contribution is 0.469. The van der Waals surface area contributed by atoms with Gasteiger partial charge in [-0.05, 0) is 60.9 Å². The van der Waals surface area contributed by atoms with E-state index in [1.807, 2.05) is 31.2 Å². The fourth-order valence-electron chi connectivity index (χ4n) is 2.87. The summed E-state index contributed by atoms with van der Waals surface area (Å²) in [6.07, 6.45) is 0. The molecule has 0 unspecified atom stereocenters. The van der Waals surface area contributed by atoms with E-state index in [2.05, 4.69) is 5.32 Å². The molecule has 25 heavy (non-hydrogen) atoms. The largest absolute Gasteiger partial charge is 0.508 e. The van der Waals surface area contributed by atoms with Crippen LogP contribution in [0, 0.1) is 25.5 Å². The highest BCUT2D eigenvalue weighted by molar-refractivity contribution is 5.65. The zero-order valence-corrected chi connectivity index (χ0v) is 14.1. The summed E-state index contributed by atoms with van der Waals surface area (Å²) in [5, 5.41) is 12.8. The Labute approximate surface area is 145 Å². The molecule has 0 fully saturated rings. The molecule has 0 bridgehead atoms. The molecule has 0 spiro atoms. The van der Waals surface area contributed by atoms with E-state index in [4.69, 9.17) is 0 Å². The number of phenols is 1.